The number of benzene rings is 2. The molecule has 0 spiro atoms. The van der Waals surface area contributed by atoms with Gasteiger partial charge in [0.1, 0.15) is 24.2 Å². The molecule has 0 fully saturated rings. The lowest BCUT2D eigenvalue weighted by molar-refractivity contribution is 0.0602. The van der Waals surface area contributed by atoms with Gasteiger partial charge in [0.25, 0.3) is 0 Å². The fourth-order valence-corrected chi connectivity index (χ4v) is 3.13. The Morgan fingerprint density at radius 1 is 1.00 bits per heavy atom. The number of nitrogens with zero attached hydrogens (tertiary/aromatic N) is 1. The van der Waals surface area contributed by atoms with E-state index in [1.807, 2.05) is 43.3 Å². The van der Waals surface area contributed by atoms with Gasteiger partial charge in [0.2, 0.25) is 0 Å². The first kappa shape index (κ1) is 19.2. The van der Waals surface area contributed by atoms with Gasteiger partial charge in [-0.2, -0.15) is 0 Å². The van der Waals surface area contributed by atoms with Crippen LogP contribution in [0.3, 0.4) is 0 Å². The Hall–Kier alpha value is -2.56. The number of ether oxygens (including phenoxy) is 1. The topological polar surface area (TPSA) is 45.8 Å². The Morgan fingerprint density at radius 2 is 1.85 bits per heavy atom. The van der Waals surface area contributed by atoms with E-state index in [0.29, 0.717) is 13.1 Å². The molecule has 1 heterocycles. The molecule has 4 heteroatoms. The highest BCUT2D eigenvalue weighted by atomic mass is 16.5. The Kier molecular flexibility index (Phi) is 6.69. The number of rotatable bonds is 9. The maximum absolute atomic E-state index is 10.5. The fourth-order valence-electron chi connectivity index (χ4n) is 3.13. The minimum atomic E-state index is -0.593. The lowest BCUT2D eigenvalue weighted by Gasteiger charge is -2.25. The van der Waals surface area contributed by atoms with Gasteiger partial charge in [-0.25, -0.2) is 0 Å². The summed E-state index contributed by atoms with van der Waals surface area (Å²) in [6.07, 6.45) is 1.09. The number of hydrogen-bond acceptors (Lipinski definition) is 4. The van der Waals surface area contributed by atoms with Crippen LogP contribution >= 0.6 is 0 Å². The van der Waals surface area contributed by atoms with Crippen molar-refractivity contribution in [2.75, 3.05) is 13.2 Å². The molecule has 0 amide bonds. The molecule has 1 atom stereocenters. The van der Waals surface area contributed by atoms with Gasteiger partial charge in [-0.3, -0.25) is 4.90 Å². The zero-order valence-electron chi connectivity index (χ0n) is 16.0. The van der Waals surface area contributed by atoms with E-state index in [0.717, 1.165) is 23.6 Å². The predicted molar refractivity (Wildman–Crippen MR) is 107 cm³/mol. The zero-order chi connectivity index (χ0) is 19.1. The van der Waals surface area contributed by atoms with Crippen molar-refractivity contribution in [3.8, 4) is 5.75 Å². The van der Waals surface area contributed by atoms with Crippen molar-refractivity contribution in [2.24, 2.45) is 0 Å². The van der Waals surface area contributed by atoms with E-state index >= 15 is 0 Å². The summed E-state index contributed by atoms with van der Waals surface area (Å²) >= 11 is 0. The van der Waals surface area contributed by atoms with Gasteiger partial charge in [-0.1, -0.05) is 48.0 Å². The van der Waals surface area contributed by atoms with Crippen LogP contribution in [0, 0.1) is 13.8 Å². The van der Waals surface area contributed by atoms with Crippen LogP contribution in [0.2, 0.25) is 0 Å². The summed E-state index contributed by atoms with van der Waals surface area (Å²) in [5, 5.41) is 10.5. The summed E-state index contributed by atoms with van der Waals surface area (Å²) < 4.78 is 11.3. The van der Waals surface area contributed by atoms with Crippen LogP contribution in [0.15, 0.2) is 71.3 Å². The molecule has 0 aliphatic carbocycles. The van der Waals surface area contributed by atoms with Gasteiger partial charge < -0.3 is 14.3 Å². The van der Waals surface area contributed by atoms with Gasteiger partial charge in [0.15, 0.2) is 0 Å². The van der Waals surface area contributed by atoms with Crippen LogP contribution in [0.1, 0.15) is 22.5 Å². The molecule has 1 unspecified atom stereocenters. The van der Waals surface area contributed by atoms with E-state index < -0.39 is 6.10 Å². The third-order valence-corrected chi connectivity index (χ3v) is 4.44. The molecule has 3 rings (SSSR count). The molecule has 0 bridgehead atoms. The SMILES string of the molecule is Cc1cccc(CN(Cc2ccco2)CC(O)COc2ccccc2C)c1. The van der Waals surface area contributed by atoms with Gasteiger partial charge >= 0.3 is 0 Å². The number of furan rings is 1. The second kappa shape index (κ2) is 9.40. The van der Waals surface area contributed by atoms with E-state index in [9.17, 15) is 5.11 Å². The van der Waals surface area contributed by atoms with Crippen LogP contribution < -0.4 is 4.74 Å². The van der Waals surface area contributed by atoms with Crippen molar-refractivity contribution < 1.29 is 14.3 Å². The van der Waals surface area contributed by atoms with Crippen LogP contribution in [0.5, 0.6) is 5.75 Å². The minimum Gasteiger partial charge on any atom is -0.491 e. The van der Waals surface area contributed by atoms with Crippen LogP contribution in [-0.2, 0) is 13.1 Å². The predicted octanol–water partition coefficient (Wildman–Crippen LogP) is 4.34. The van der Waals surface area contributed by atoms with E-state index in [4.69, 9.17) is 9.15 Å². The van der Waals surface area contributed by atoms with Gasteiger partial charge in [-0.05, 0) is 43.2 Å². The third kappa shape index (κ3) is 5.98. The average molecular weight is 365 g/mol. The molecule has 0 saturated heterocycles. The molecule has 27 heavy (non-hydrogen) atoms. The van der Waals surface area contributed by atoms with E-state index in [2.05, 4.69) is 36.1 Å². The monoisotopic (exact) mass is 365 g/mol. The van der Waals surface area contributed by atoms with Gasteiger partial charge in [0.05, 0.1) is 12.8 Å². The number of hydrogen-bond donors (Lipinski definition) is 1. The quantitative estimate of drug-likeness (QED) is 0.613. The number of para-hydroxylation sites is 1. The molecule has 0 radical (unpaired) electrons. The summed E-state index contributed by atoms with van der Waals surface area (Å²) in [5.41, 5.74) is 3.51. The Bertz CT molecular complexity index is 829. The Balaban J connectivity index is 1.62. The summed E-state index contributed by atoms with van der Waals surface area (Å²) in [4.78, 5) is 2.18. The standard InChI is InChI=1S/C23H27NO3/c1-18-7-5-9-20(13-18)14-24(16-22-10-6-12-26-22)15-21(25)17-27-23-11-4-3-8-19(23)2/h3-13,21,25H,14-17H2,1-2H3. The summed E-state index contributed by atoms with van der Waals surface area (Å²) in [6, 6.07) is 20.1. The molecule has 142 valence electrons. The molecule has 2 aromatic carbocycles. The first-order valence-electron chi connectivity index (χ1n) is 9.27. The first-order chi connectivity index (χ1) is 13.1. The van der Waals surface area contributed by atoms with Crippen molar-refractivity contribution in [2.45, 2.75) is 33.0 Å². The maximum Gasteiger partial charge on any atom is 0.122 e. The van der Waals surface area contributed by atoms with E-state index in [-0.39, 0.29) is 6.61 Å². The maximum atomic E-state index is 10.5. The summed E-state index contributed by atoms with van der Waals surface area (Å²) in [6.45, 7) is 6.23. The molecule has 0 aliphatic heterocycles. The second-order valence-electron chi connectivity index (χ2n) is 6.97. The third-order valence-electron chi connectivity index (χ3n) is 4.44. The molecule has 0 saturated carbocycles. The van der Waals surface area contributed by atoms with Crippen molar-refractivity contribution in [3.05, 3.63) is 89.4 Å². The summed E-state index contributed by atoms with van der Waals surface area (Å²) in [5.74, 6) is 1.70. The lowest BCUT2D eigenvalue weighted by atomic mass is 10.1. The minimum absolute atomic E-state index is 0.257. The van der Waals surface area contributed by atoms with E-state index in [1.165, 1.54) is 11.1 Å². The number of aliphatic hydroxyl groups excluding tert-OH is 1. The molecule has 1 N–H and O–H groups in total. The van der Waals surface area contributed by atoms with E-state index in [1.54, 1.807) is 6.26 Å². The second-order valence-corrected chi connectivity index (χ2v) is 6.97. The number of aliphatic hydroxyl groups is 1. The van der Waals surface area contributed by atoms with Crippen molar-refractivity contribution >= 4 is 0 Å². The highest BCUT2D eigenvalue weighted by Crippen LogP contribution is 2.17. The van der Waals surface area contributed by atoms with Crippen LogP contribution in [-0.4, -0.2) is 29.3 Å². The van der Waals surface area contributed by atoms with Crippen molar-refractivity contribution in [3.63, 3.8) is 0 Å². The normalized spacial score (nSPS) is 12.3. The Morgan fingerprint density at radius 3 is 2.59 bits per heavy atom. The molecular weight excluding hydrogens is 338 g/mol. The Labute approximate surface area is 161 Å². The van der Waals surface area contributed by atoms with Crippen molar-refractivity contribution in [1.29, 1.82) is 0 Å². The molecule has 4 nitrogen and oxygen atoms in total. The average Bonchev–Trinajstić information content (AvgIpc) is 3.14. The molecule has 0 aliphatic rings. The molecular formula is C23H27NO3. The zero-order valence-corrected chi connectivity index (χ0v) is 16.0. The molecule has 3 aromatic rings. The van der Waals surface area contributed by atoms with Crippen molar-refractivity contribution in [1.82, 2.24) is 4.90 Å². The van der Waals surface area contributed by atoms with Gasteiger partial charge in [-0.15, -0.1) is 0 Å². The number of aryl methyl sites for hydroxylation is 2. The smallest absolute Gasteiger partial charge is 0.122 e. The largest absolute Gasteiger partial charge is 0.491 e. The fraction of sp³-hybridized carbons (Fsp3) is 0.304. The van der Waals surface area contributed by atoms with Gasteiger partial charge in [0, 0.05) is 13.1 Å². The summed E-state index contributed by atoms with van der Waals surface area (Å²) in [7, 11) is 0. The lowest BCUT2D eigenvalue weighted by Crippen LogP contribution is -2.35. The van der Waals surface area contributed by atoms with Crippen LogP contribution in [0.25, 0.3) is 0 Å². The molecule has 1 aromatic heterocycles. The highest BCUT2D eigenvalue weighted by Gasteiger charge is 2.15. The highest BCUT2D eigenvalue weighted by molar-refractivity contribution is 5.31. The first-order valence-corrected chi connectivity index (χ1v) is 9.27. The van der Waals surface area contributed by atoms with Crippen LogP contribution in [0.4, 0.5) is 0 Å².